The summed E-state index contributed by atoms with van der Waals surface area (Å²) in [6, 6.07) is 12.7. The summed E-state index contributed by atoms with van der Waals surface area (Å²) in [6.07, 6.45) is 0. The molecule has 0 aliphatic carbocycles. The molecule has 0 aromatic heterocycles. The summed E-state index contributed by atoms with van der Waals surface area (Å²) in [5.41, 5.74) is 0. The summed E-state index contributed by atoms with van der Waals surface area (Å²) in [5.74, 6) is 1.87. The van der Waals surface area contributed by atoms with E-state index in [1.807, 2.05) is 0 Å². The molecule has 2 aromatic rings. The minimum absolute atomic E-state index is 0.881. The second kappa shape index (κ2) is 15.2. The summed E-state index contributed by atoms with van der Waals surface area (Å²) >= 11 is 0. The van der Waals surface area contributed by atoms with E-state index in [0.29, 0.717) is 0 Å². The highest BCUT2D eigenvalue weighted by Crippen LogP contribution is 2.50. The molecule has 0 saturated carbocycles. The molecule has 0 unspecified atom stereocenters. The van der Waals surface area contributed by atoms with E-state index in [0.717, 1.165) is 74.6 Å². The zero-order valence-electron chi connectivity index (χ0n) is 22.6. The topological polar surface area (TPSA) is 31.4 Å². The quantitative estimate of drug-likeness (QED) is 0.219. The minimum atomic E-state index is -0.881. The Balaban J connectivity index is 2.49. The summed E-state index contributed by atoms with van der Waals surface area (Å²) in [6.45, 7) is 25.4. The average molecular weight is 509 g/mol. The second-order valence-electron chi connectivity index (χ2n) is 7.85. The van der Waals surface area contributed by atoms with Crippen LogP contribution in [0.25, 0.3) is 10.8 Å². The number of hydrogen-bond donors (Lipinski definition) is 0. The lowest BCUT2D eigenvalue weighted by Crippen LogP contribution is -2.31. The van der Waals surface area contributed by atoms with E-state index in [1.54, 1.807) is 0 Å². The molecule has 0 saturated heterocycles. The first kappa shape index (κ1) is 29.2. The highest BCUT2D eigenvalue weighted by atomic mass is 31.2. The van der Waals surface area contributed by atoms with Gasteiger partial charge in [0.25, 0.3) is 0 Å². The van der Waals surface area contributed by atoms with Crippen molar-refractivity contribution in [1.29, 1.82) is 0 Å². The molecule has 0 fully saturated rings. The van der Waals surface area contributed by atoms with Gasteiger partial charge in [0.15, 0.2) is 0 Å². The molecule has 2 rings (SSSR count). The van der Waals surface area contributed by atoms with Crippen molar-refractivity contribution in [1.82, 2.24) is 18.7 Å². The number of rotatable bonds is 16. The van der Waals surface area contributed by atoms with E-state index in [-0.39, 0.29) is 0 Å². The van der Waals surface area contributed by atoms with Gasteiger partial charge in [-0.1, -0.05) is 79.7 Å². The van der Waals surface area contributed by atoms with Crippen molar-refractivity contribution in [3.05, 3.63) is 36.4 Å². The van der Waals surface area contributed by atoms with Gasteiger partial charge in [-0.2, -0.15) is 0 Å². The van der Waals surface area contributed by atoms with Crippen molar-refractivity contribution in [3.8, 4) is 11.5 Å². The van der Waals surface area contributed by atoms with Crippen LogP contribution in [0.1, 0.15) is 55.4 Å². The van der Waals surface area contributed by atoms with E-state index in [1.165, 1.54) is 0 Å². The fourth-order valence-corrected chi connectivity index (χ4v) is 7.82. The van der Waals surface area contributed by atoms with Crippen molar-refractivity contribution in [2.45, 2.75) is 55.4 Å². The number of fused-ring (bicyclic) bond motifs is 1. The molecule has 2 aromatic carbocycles. The maximum Gasteiger partial charge on any atom is 0.248 e. The van der Waals surface area contributed by atoms with Gasteiger partial charge in [-0.05, 0) is 12.1 Å². The van der Waals surface area contributed by atoms with Crippen molar-refractivity contribution in [2.75, 3.05) is 52.4 Å². The van der Waals surface area contributed by atoms with Crippen LogP contribution < -0.4 is 9.05 Å². The van der Waals surface area contributed by atoms with Crippen LogP contribution in [-0.2, 0) is 0 Å². The predicted molar refractivity (Wildman–Crippen MR) is 151 cm³/mol. The van der Waals surface area contributed by atoms with E-state index < -0.39 is 16.9 Å². The fraction of sp³-hybridized carbons (Fsp3) is 0.615. The Kier molecular flexibility index (Phi) is 13.1. The Morgan fingerprint density at radius 3 is 0.971 bits per heavy atom. The van der Waals surface area contributed by atoms with Gasteiger partial charge in [0.2, 0.25) is 16.9 Å². The SMILES string of the molecule is CCN(CC)P(Oc1cccc2c(OP(N(CC)CC)N(CC)CC)cccc12)N(CC)CC. The van der Waals surface area contributed by atoms with Crippen LogP contribution in [0.5, 0.6) is 11.5 Å². The third kappa shape index (κ3) is 7.03. The van der Waals surface area contributed by atoms with Crippen LogP contribution >= 0.6 is 16.9 Å². The van der Waals surface area contributed by atoms with Crippen molar-refractivity contribution >= 4 is 27.7 Å². The molecule has 0 amide bonds. The van der Waals surface area contributed by atoms with Crippen LogP contribution in [0.4, 0.5) is 0 Å². The third-order valence-electron chi connectivity index (χ3n) is 6.09. The largest absolute Gasteiger partial charge is 0.444 e. The van der Waals surface area contributed by atoms with Crippen molar-refractivity contribution in [3.63, 3.8) is 0 Å². The zero-order valence-corrected chi connectivity index (χ0v) is 24.4. The lowest BCUT2D eigenvalue weighted by Gasteiger charge is -2.36. The van der Waals surface area contributed by atoms with Crippen molar-refractivity contribution < 1.29 is 9.05 Å². The van der Waals surface area contributed by atoms with Gasteiger partial charge in [-0.15, -0.1) is 0 Å². The second-order valence-corrected chi connectivity index (χ2v) is 11.5. The first-order valence-corrected chi connectivity index (χ1v) is 15.3. The van der Waals surface area contributed by atoms with Crippen LogP contribution in [0, 0.1) is 0 Å². The Morgan fingerprint density at radius 1 is 0.471 bits per heavy atom. The smallest absolute Gasteiger partial charge is 0.248 e. The number of benzene rings is 2. The Hall–Kier alpha value is -1.00. The lowest BCUT2D eigenvalue weighted by atomic mass is 10.1. The molecule has 0 radical (unpaired) electrons. The molecule has 0 heterocycles. The highest BCUT2D eigenvalue weighted by molar-refractivity contribution is 7.48. The summed E-state index contributed by atoms with van der Waals surface area (Å²) in [5, 5.41) is 2.22. The Morgan fingerprint density at radius 2 is 0.735 bits per heavy atom. The van der Waals surface area contributed by atoms with Crippen LogP contribution in [0.15, 0.2) is 36.4 Å². The summed E-state index contributed by atoms with van der Waals surface area (Å²) < 4.78 is 23.3. The minimum Gasteiger partial charge on any atom is -0.444 e. The van der Waals surface area contributed by atoms with E-state index in [2.05, 4.69) is 110 Å². The van der Waals surface area contributed by atoms with Gasteiger partial charge < -0.3 is 9.05 Å². The molecule has 34 heavy (non-hydrogen) atoms. The molecule has 6 nitrogen and oxygen atoms in total. The van der Waals surface area contributed by atoms with Gasteiger partial charge in [-0.3, -0.25) is 0 Å². The van der Waals surface area contributed by atoms with Crippen LogP contribution in [0.3, 0.4) is 0 Å². The maximum atomic E-state index is 6.80. The molecule has 0 N–H and O–H groups in total. The molecule has 0 bridgehead atoms. The van der Waals surface area contributed by atoms with Gasteiger partial charge >= 0.3 is 0 Å². The van der Waals surface area contributed by atoms with E-state index in [4.69, 9.17) is 9.05 Å². The number of hydrogen-bond acceptors (Lipinski definition) is 6. The summed E-state index contributed by atoms with van der Waals surface area (Å²) in [4.78, 5) is 0. The fourth-order valence-electron chi connectivity index (χ4n) is 4.04. The van der Waals surface area contributed by atoms with Crippen molar-refractivity contribution in [2.24, 2.45) is 0 Å². The Bertz CT molecular complexity index is 747. The standard InChI is InChI=1S/C26H46N4O2P2/c1-9-27(10-2)33(28(11-3)12-4)31-25-21-17-20-24-23(25)19-18-22-26(24)32-34(29(13-5)14-6)30(15-7)16-8/h17-22H,9-16H2,1-8H3. The predicted octanol–water partition coefficient (Wildman–Crippen LogP) is 7.42. The first-order valence-electron chi connectivity index (χ1n) is 13.0. The maximum absolute atomic E-state index is 6.80. The lowest BCUT2D eigenvalue weighted by molar-refractivity contribution is 0.360. The average Bonchev–Trinajstić information content (AvgIpc) is 2.87. The van der Waals surface area contributed by atoms with Gasteiger partial charge in [0.1, 0.15) is 11.5 Å². The normalized spacial score (nSPS) is 12.3. The molecular weight excluding hydrogens is 462 g/mol. The molecule has 192 valence electrons. The van der Waals surface area contributed by atoms with E-state index >= 15 is 0 Å². The monoisotopic (exact) mass is 508 g/mol. The third-order valence-corrected chi connectivity index (χ3v) is 11.0. The summed E-state index contributed by atoms with van der Waals surface area (Å²) in [7, 11) is -1.76. The van der Waals surface area contributed by atoms with Crippen LogP contribution in [0.2, 0.25) is 0 Å². The molecular formula is C26H46N4O2P2. The van der Waals surface area contributed by atoms with Crippen LogP contribution in [-0.4, -0.2) is 71.0 Å². The molecule has 0 atom stereocenters. The molecule has 0 spiro atoms. The van der Waals surface area contributed by atoms with Gasteiger partial charge in [-0.25, -0.2) is 18.7 Å². The first-order chi connectivity index (χ1) is 16.5. The molecule has 8 heteroatoms. The molecule has 0 aliphatic rings. The van der Waals surface area contributed by atoms with Gasteiger partial charge in [0.05, 0.1) is 0 Å². The molecule has 0 aliphatic heterocycles. The zero-order chi connectivity index (χ0) is 25.1. The van der Waals surface area contributed by atoms with Gasteiger partial charge in [0, 0.05) is 63.1 Å². The Labute approximate surface area is 211 Å². The van der Waals surface area contributed by atoms with E-state index in [9.17, 15) is 0 Å². The number of nitrogens with zero attached hydrogens (tertiary/aromatic N) is 4. The highest BCUT2D eigenvalue weighted by Gasteiger charge is 2.28.